The van der Waals surface area contributed by atoms with E-state index in [-0.39, 0.29) is 36.0 Å². The highest BCUT2D eigenvalue weighted by molar-refractivity contribution is 5.73. The first-order valence-corrected chi connectivity index (χ1v) is 10.1. The molecule has 1 aliphatic rings. The van der Waals surface area contributed by atoms with Gasteiger partial charge in [-0.15, -0.1) is 0 Å². The van der Waals surface area contributed by atoms with E-state index >= 15 is 0 Å². The Morgan fingerprint density at radius 3 is 2.06 bits per heavy atom. The van der Waals surface area contributed by atoms with Gasteiger partial charge in [-0.2, -0.15) is 26.3 Å². The van der Waals surface area contributed by atoms with Crippen LogP contribution in [0.15, 0.2) is 48.5 Å². The Kier molecular flexibility index (Phi) is 6.88. The van der Waals surface area contributed by atoms with Crippen molar-refractivity contribution in [2.45, 2.75) is 38.2 Å². The smallest absolute Gasteiger partial charge is 0.373 e. The highest BCUT2D eigenvalue weighted by Gasteiger charge is 2.38. The molecule has 0 bridgehead atoms. The van der Waals surface area contributed by atoms with Gasteiger partial charge in [0.25, 0.3) is 0 Å². The number of nitrogens with zero attached hydrogens (tertiary/aromatic N) is 1. The van der Waals surface area contributed by atoms with Crippen molar-refractivity contribution in [3.05, 3.63) is 70.8 Å². The van der Waals surface area contributed by atoms with E-state index in [1.165, 1.54) is 13.8 Å². The van der Waals surface area contributed by atoms with Gasteiger partial charge in [-0.05, 0) is 36.2 Å². The fraction of sp³-hybridized carbons (Fsp3) is 0.435. The Bertz CT molecular complexity index is 909. The molecule has 1 heterocycles. The number of carbonyl (C=O) groups excluding carboxylic acids is 1. The number of hydrogen-bond acceptors (Lipinski definition) is 2. The lowest BCUT2D eigenvalue weighted by Crippen LogP contribution is -2.26. The van der Waals surface area contributed by atoms with Gasteiger partial charge in [-0.3, -0.25) is 4.79 Å². The number of likely N-dealkylation sites (tertiary alicyclic amines) is 1. The molecule has 3 atom stereocenters. The zero-order valence-electron chi connectivity index (χ0n) is 17.5. The summed E-state index contributed by atoms with van der Waals surface area (Å²) in [5, 5.41) is 0. The maximum absolute atomic E-state index is 13.1. The molecule has 3 nitrogen and oxygen atoms in total. The van der Waals surface area contributed by atoms with E-state index in [4.69, 9.17) is 4.74 Å². The second kappa shape index (κ2) is 9.13. The second-order valence-corrected chi connectivity index (χ2v) is 8.02. The molecule has 2 aromatic rings. The van der Waals surface area contributed by atoms with E-state index in [0.717, 1.165) is 5.56 Å². The zero-order valence-corrected chi connectivity index (χ0v) is 17.5. The number of carbonyl (C=O) groups is 1. The number of benzene rings is 2. The molecule has 32 heavy (non-hydrogen) atoms. The molecular formula is C23H23F6NO2. The number of halogens is 6. The summed E-state index contributed by atoms with van der Waals surface area (Å²) in [7, 11) is 0. The Balaban J connectivity index is 1.80. The highest BCUT2D eigenvalue weighted by atomic mass is 19.4. The summed E-state index contributed by atoms with van der Waals surface area (Å²) in [6.07, 6.45) is -10.8. The van der Waals surface area contributed by atoms with Crippen LogP contribution in [-0.2, 0) is 21.9 Å². The van der Waals surface area contributed by atoms with Gasteiger partial charge in [0.2, 0.25) is 5.91 Å². The molecule has 174 valence electrons. The van der Waals surface area contributed by atoms with Gasteiger partial charge in [-0.25, -0.2) is 0 Å². The third-order valence-electron chi connectivity index (χ3n) is 5.75. The maximum Gasteiger partial charge on any atom is 0.416 e. The van der Waals surface area contributed by atoms with Gasteiger partial charge in [0.1, 0.15) is 0 Å². The molecule has 1 saturated heterocycles. The first-order valence-electron chi connectivity index (χ1n) is 10.1. The zero-order chi connectivity index (χ0) is 23.7. The normalized spacial score (nSPS) is 20.4. The van der Waals surface area contributed by atoms with Crippen molar-refractivity contribution >= 4 is 5.91 Å². The lowest BCUT2D eigenvalue weighted by atomic mass is 9.89. The first-order chi connectivity index (χ1) is 14.9. The van der Waals surface area contributed by atoms with Crippen molar-refractivity contribution < 1.29 is 35.9 Å². The highest BCUT2D eigenvalue weighted by Crippen LogP contribution is 2.39. The summed E-state index contributed by atoms with van der Waals surface area (Å²) in [4.78, 5) is 13.5. The Labute approximate surface area is 182 Å². The predicted octanol–water partition coefficient (Wildman–Crippen LogP) is 6.06. The molecule has 1 aliphatic heterocycles. The van der Waals surface area contributed by atoms with Crippen LogP contribution in [0.1, 0.15) is 48.1 Å². The van der Waals surface area contributed by atoms with Crippen molar-refractivity contribution in [2.24, 2.45) is 5.92 Å². The van der Waals surface area contributed by atoms with Crippen molar-refractivity contribution in [3.8, 4) is 0 Å². The Morgan fingerprint density at radius 1 is 1.00 bits per heavy atom. The monoisotopic (exact) mass is 459 g/mol. The molecule has 0 N–H and O–H groups in total. The minimum atomic E-state index is -4.92. The molecule has 1 amide bonds. The fourth-order valence-corrected chi connectivity index (χ4v) is 3.95. The SMILES string of the molecule is CC(=O)N1C[C@@H](COC(C)c2cc(C(F)(F)F)cc(C(F)(F)F)c2)[C@H](c2ccccc2)C1. The maximum atomic E-state index is 13.1. The molecular weight excluding hydrogens is 436 g/mol. The van der Waals surface area contributed by atoms with Crippen molar-refractivity contribution in [1.29, 1.82) is 0 Å². The van der Waals surface area contributed by atoms with Crippen LogP contribution in [0.4, 0.5) is 26.3 Å². The van der Waals surface area contributed by atoms with Crippen LogP contribution in [-0.4, -0.2) is 30.5 Å². The van der Waals surface area contributed by atoms with E-state index in [0.29, 0.717) is 25.2 Å². The number of hydrogen-bond donors (Lipinski definition) is 0. The summed E-state index contributed by atoms with van der Waals surface area (Å²) in [6, 6.07) is 10.9. The number of alkyl halides is 6. The number of rotatable bonds is 5. The van der Waals surface area contributed by atoms with E-state index < -0.39 is 29.6 Å². The van der Waals surface area contributed by atoms with Crippen LogP contribution in [0.3, 0.4) is 0 Å². The van der Waals surface area contributed by atoms with Gasteiger partial charge in [0.05, 0.1) is 23.8 Å². The van der Waals surface area contributed by atoms with E-state index in [9.17, 15) is 31.1 Å². The van der Waals surface area contributed by atoms with Crippen LogP contribution in [0, 0.1) is 5.92 Å². The van der Waals surface area contributed by atoms with Crippen molar-refractivity contribution in [2.75, 3.05) is 19.7 Å². The molecule has 3 rings (SSSR count). The Hall–Kier alpha value is -2.55. The van der Waals surface area contributed by atoms with Crippen LogP contribution in [0.5, 0.6) is 0 Å². The van der Waals surface area contributed by atoms with Crippen LogP contribution in [0.25, 0.3) is 0 Å². The predicted molar refractivity (Wildman–Crippen MR) is 106 cm³/mol. The van der Waals surface area contributed by atoms with E-state index in [1.54, 1.807) is 4.90 Å². The summed E-state index contributed by atoms with van der Waals surface area (Å²) < 4.78 is 84.6. The molecule has 2 aromatic carbocycles. The number of ether oxygens (including phenoxy) is 1. The van der Waals surface area contributed by atoms with Gasteiger partial charge in [-0.1, -0.05) is 30.3 Å². The first kappa shape index (κ1) is 24.1. The minimum absolute atomic E-state index is 0.0421. The number of amides is 1. The Morgan fingerprint density at radius 2 is 1.56 bits per heavy atom. The molecule has 0 aromatic heterocycles. The molecule has 0 aliphatic carbocycles. The fourth-order valence-electron chi connectivity index (χ4n) is 3.95. The van der Waals surface area contributed by atoms with Crippen molar-refractivity contribution in [1.82, 2.24) is 4.90 Å². The molecule has 1 fully saturated rings. The minimum Gasteiger partial charge on any atom is -0.373 e. The van der Waals surface area contributed by atoms with Gasteiger partial charge in [0, 0.05) is 31.8 Å². The summed E-state index contributed by atoms with van der Waals surface area (Å²) in [6.45, 7) is 3.84. The standard InChI is InChI=1S/C23H23F6NO2/c1-14(17-8-19(22(24,25)26)10-20(9-17)23(27,28)29)32-13-18-11-30(15(2)31)12-21(18)16-6-4-3-5-7-16/h3-10,14,18,21H,11-13H2,1-2H3/t14?,18-,21-/m0/s1. The van der Waals surface area contributed by atoms with Gasteiger partial charge >= 0.3 is 12.4 Å². The molecule has 0 spiro atoms. The molecule has 0 saturated carbocycles. The summed E-state index contributed by atoms with van der Waals surface area (Å²) in [5.74, 6) is -0.287. The lowest BCUT2D eigenvalue weighted by molar-refractivity contribution is -0.143. The summed E-state index contributed by atoms with van der Waals surface area (Å²) in [5.41, 5.74) is -1.95. The van der Waals surface area contributed by atoms with Crippen LogP contribution in [0.2, 0.25) is 0 Å². The quantitative estimate of drug-likeness (QED) is 0.509. The van der Waals surface area contributed by atoms with Gasteiger partial charge in [0.15, 0.2) is 0 Å². The molecule has 9 heteroatoms. The average molecular weight is 459 g/mol. The third-order valence-corrected chi connectivity index (χ3v) is 5.75. The van der Waals surface area contributed by atoms with E-state index in [2.05, 4.69) is 0 Å². The van der Waals surface area contributed by atoms with E-state index in [1.807, 2.05) is 30.3 Å². The third kappa shape index (κ3) is 5.62. The summed E-state index contributed by atoms with van der Waals surface area (Å²) >= 11 is 0. The topological polar surface area (TPSA) is 29.5 Å². The van der Waals surface area contributed by atoms with Crippen molar-refractivity contribution in [3.63, 3.8) is 0 Å². The van der Waals surface area contributed by atoms with Gasteiger partial charge < -0.3 is 9.64 Å². The second-order valence-electron chi connectivity index (χ2n) is 8.02. The lowest BCUT2D eigenvalue weighted by Gasteiger charge is -2.22. The molecule has 1 unspecified atom stereocenters. The van der Waals surface area contributed by atoms with Crippen LogP contribution >= 0.6 is 0 Å². The average Bonchev–Trinajstić information content (AvgIpc) is 3.15. The van der Waals surface area contributed by atoms with Crippen LogP contribution < -0.4 is 0 Å². The molecule has 0 radical (unpaired) electrons. The largest absolute Gasteiger partial charge is 0.416 e.